The van der Waals surface area contributed by atoms with Crippen molar-refractivity contribution < 1.29 is 4.79 Å². The quantitative estimate of drug-likeness (QED) is 0.453. The van der Waals surface area contributed by atoms with E-state index in [1.165, 1.54) is 0 Å². The number of benzene rings is 1. The zero-order valence-electron chi connectivity index (χ0n) is 14.5. The number of carbonyl (C=O) groups excluding carboxylic acids is 1. The van der Waals surface area contributed by atoms with Crippen LogP contribution in [0, 0.1) is 11.8 Å². The topological polar surface area (TPSA) is 72.2 Å². The standard InChI is InChI=1S/C21H15N5O/c1-22-20-12-15(10-11-23-20)4-7-18-13-24-21-9-8-19(25-26(18)21)17-5-2-16(14-27)3-6-17/h2-3,5-6,8-14H,1H3,(H,22,23). The number of imidazole rings is 1. The second-order valence-electron chi connectivity index (χ2n) is 5.80. The summed E-state index contributed by atoms with van der Waals surface area (Å²) in [5, 5.41) is 7.64. The van der Waals surface area contributed by atoms with Gasteiger partial charge in [-0.15, -0.1) is 0 Å². The summed E-state index contributed by atoms with van der Waals surface area (Å²) in [7, 11) is 1.82. The zero-order valence-corrected chi connectivity index (χ0v) is 14.5. The van der Waals surface area contributed by atoms with Gasteiger partial charge in [0.05, 0.1) is 11.9 Å². The molecule has 27 heavy (non-hydrogen) atoms. The van der Waals surface area contributed by atoms with Crippen molar-refractivity contribution in [1.82, 2.24) is 19.6 Å². The third-order valence-corrected chi connectivity index (χ3v) is 4.06. The average molecular weight is 353 g/mol. The molecule has 130 valence electrons. The van der Waals surface area contributed by atoms with Gasteiger partial charge < -0.3 is 5.32 Å². The van der Waals surface area contributed by atoms with E-state index in [9.17, 15) is 4.79 Å². The monoisotopic (exact) mass is 353 g/mol. The highest BCUT2D eigenvalue weighted by Gasteiger charge is 2.06. The molecule has 0 bridgehead atoms. The third kappa shape index (κ3) is 3.39. The summed E-state index contributed by atoms with van der Waals surface area (Å²) >= 11 is 0. The lowest BCUT2D eigenvalue weighted by Crippen LogP contribution is -1.97. The molecule has 0 aliphatic rings. The molecule has 3 heterocycles. The molecule has 0 atom stereocenters. The Morgan fingerprint density at radius 1 is 1.04 bits per heavy atom. The number of anilines is 1. The van der Waals surface area contributed by atoms with Crippen molar-refractivity contribution >= 4 is 17.8 Å². The van der Waals surface area contributed by atoms with Crippen molar-refractivity contribution in [2.75, 3.05) is 12.4 Å². The van der Waals surface area contributed by atoms with Crippen molar-refractivity contribution in [3.63, 3.8) is 0 Å². The van der Waals surface area contributed by atoms with Crippen molar-refractivity contribution in [1.29, 1.82) is 0 Å². The minimum absolute atomic E-state index is 0.632. The number of pyridine rings is 1. The van der Waals surface area contributed by atoms with E-state index in [0.29, 0.717) is 11.3 Å². The molecule has 0 fully saturated rings. The van der Waals surface area contributed by atoms with Gasteiger partial charge in [0.25, 0.3) is 0 Å². The highest BCUT2D eigenvalue weighted by Crippen LogP contribution is 2.18. The number of hydrogen-bond donors (Lipinski definition) is 1. The highest BCUT2D eigenvalue weighted by atomic mass is 16.1. The lowest BCUT2D eigenvalue weighted by molar-refractivity contribution is 0.112. The van der Waals surface area contributed by atoms with E-state index < -0.39 is 0 Å². The number of aromatic nitrogens is 4. The van der Waals surface area contributed by atoms with Crippen LogP contribution in [-0.2, 0) is 0 Å². The number of nitrogens with zero attached hydrogens (tertiary/aromatic N) is 4. The Kier molecular flexibility index (Phi) is 4.33. The number of hydrogen-bond acceptors (Lipinski definition) is 5. The normalized spacial score (nSPS) is 10.3. The molecule has 6 nitrogen and oxygen atoms in total. The minimum atomic E-state index is 0.632. The van der Waals surface area contributed by atoms with Gasteiger partial charge in [-0.3, -0.25) is 4.79 Å². The summed E-state index contributed by atoms with van der Waals surface area (Å²) in [6.07, 6.45) is 4.24. The first-order valence-corrected chi connectivity index (χ1v) is 8.33. The van der Waals surface area contributed by atoms with Crippen LogP contribution in [0.25, 0.3) is 16.9 Å². The van der Waals surface area contributed by atoms with Gasteiger partial charge in [0.2, 0.25) is 0 Å². The zero-order chi connectivity index (χ0) is 18.6. The molecule has 6 heteroatoms. The van der Waals surface area contributed by atoms with Gasteiger partial charge in [-0.05, 0) is 30.2 Å². The molecule has 4 aromatic rings. The largest absolute Gasteiger partial charge is 0.373 e. The first-order chi connectivity index (χ1) is 13.3. The van der Waals surface area contributed by atoms with Crippen molar-refractivity contribution in [3.8, 4) is 23.1 Å². The van der Waals surface area contributed by atoms with Crippen LogP contribution in [0.1, 0.15) is 21.6 Å². The van der Waals surface area contributed by atoms with Gasteiger partial charge in [0.1, 0.15) is 17.8 Å². The van der Waals surface area contributed by atoms with Gasteiger partial charge in [0, 0.05) is 29.9 Å². The van der Waals surface area contributed by atoms with Crippen molar-refractivity contribution in [2.24, 2.45) is 0 Å². The Morgan fingerprint density at radius 3 is 2.67 bits per heavy atom. The minimum Gasteiger partial charge on any atom is -0.373 e. The molecule has 0 aliphatic carbocycles. The molecule has 1 N–H and O–H groups in total. The van der Waals surface area contributed by atoms with E-state index in [0.717, 1.165) is 34.6 Å². The molecule has 0 saturated heterocycles. The fourth-order valence-corrected chi connectivity index (χ4v) is 2.63. The number of rotatable bonds is 3. The van der Waals surface area contributed by atoms with Gasteiger partial charge >= 0.3 is 0 Å². The van der Waals surface area contributed by atoms with Gasteiger partial charge in [-0.2, -0.15) is 5.10 Å². The molecular formula is C21H15N5O. The number of fused-ring (bicyclic) bond motifs is 1. The van der Waals surface area contributed by atoms with Crippen LogP contribution in [0.2, 0.25) is 0 Å². The molecule has 0 spiro atoms. The highest BCUT2D eigenvalue weighted by molar-refractivity contribution is 5.76. The lowest BCUT2D eigenvalue weighted by Gasteiger charge is -2.02. The summed E-state index contributed by atoms with van der Waals surface area (Å²) < 4.78 is 1.72. The molecule has 4 rings (SSSR count). The fourth-order valence-electron chi connectivity index (χ4n) is 2.63. The Balaban J connectivity index is 1.72. The first kappa shape index (κ1) is 16.5. The van der Waals surface area contributed by atoms with Crippen LogP contribution in [-0.4, -0.2) is 32.9 Å². The van der Waals surface area contributed by atoms with Crippen LogP contribution in [0.5, 0.6) is 0 Å². The van der Waals surface area contributed by atoms with Crippen molar-refractivity contribution in [3.05, 3.63) is 77.7 Å². The summed E-state index contributed by atoms with van der Waals surface area (Å²) in [5.41, 5.74) is 4.60. The number of nitrogens with one attached hydrogen (secondary N) is 1. The SMILES string of the molecule is CNc1cc(C#Cc2cnc3ccc(-c4ccc(C=O)cc4)nn23)ccn1. The van der Waals surface area contributed by atoms with E-state index in [2.05, 4.69) is 32.2 Å². The predicted molar refractivity (Wildman–Crippen MR) is 104 cm³/mol. The molecule has 0 amide bonds. The summed E-state index contributed by atoms with van der Waals surface area (Å²) in [4.78, 5) is 19.4. The molecule has 1 aromatic carbocycles. The Hall–Kier alpha value is -3.98. The summed E-state index contributed by atoms with van der Waals surface area (Å²) in [5.74, 6) is 7.00. The molecule has 0 unspecified atom stereocenters. The van der Waals surface area contributed by atoms with E-state index in [1.807, 2.05) is 43.4 Å². The second kappa shape index (κ2) is 7.10. The van der Waals surface area contributed by atoms with E-state index in [1.54, 1.807) is 29.0 Å². The third-order valence-electron chi connectivity index (χ3n) is 4.06. The van der Waals surface area contributed by atoms with Crippen LogP contribution >= 0.6 is 0 Å². The second-order valence-corrected chi connectivity index (χ2v) is 5.80. The Labute approximate surface area is 155 Å². The maximum atomic E-state index is 10.8. The van der Waals surface area contributed by atoms with Crippen LogP contribution in [0.3, 0.4) is 0 Å². The molecule has 0 radical (unpaired) electrons. The average Bonchev–Trinajstić information content (AvgIpc) is 3.14. The van der Waals surface area contributed by atoms with E-state index in [-0.39, 0.29) is 0 Å². The lowest BCUT2D eigenvalue weighted by atomic mass is 10.1. The van der Waals surface area contributed by atoms with E-state index >= 15 is 0 Å². The molecule has 0 aliphatic heterocycles. The predicted octanol–water partition coefficient (Wildman–Crippen LogP) is 3.05. The van der Waals surface area contributed by atoms with Gasteiger partial charge in [-0.1, -0.05) is 30.2 Å². The van der Waals surface area contributed by atoms with E-state index in [4.69, 9.17) is 0 Å². The number of aldehydes is 1. The smallest absolute Gasteiger partial charge is 0.154 e. The summed E-state index contributed by atoms with van der Waals surface area (Å²) in [6.45, 7) is 0. The Bertz CT molecular complexity index is 1180. The maximum absolute atomic E-state index is 10.8. The van der Waals surface area contributed by atoms with Crippen LogP contribution in [0.4, 0.5) is 5.82 Å². The maximum Gasteiger partial charge on any atom is 0.154 e. The molecular weight excluding hydrogens is 338 g/mol. The summed E-state index contributed by atoms with van der Waals surface area (Å²) in [6, 6.07) is 14.8. The molecule has 0 saturated carbocycles. The molecule has 3 aromatic heterocycles. The van der Waals surface area contributed by atoms with Gasteiger partial charge in [0.15, 0.2) is 5.65 Å². The first-order valence-electron chi connectivity index (χ1n) is 8.33. The Morgan fingerprint density at radius 2 is 1.89 bits per heavy atom. The van der Waals surface area contributed by atoms with Crippen LogP contribution in [0.15, 0.2) is 60.9 Å². The van der Waals surface area contributed by atoms with Crippen molar-refractivity contribution in [2.45, 2.75) is 0 Å². The number of carbonyl (C=O) groups is 1. The van der Waals surface area contributed by atoms with Crippen LogP contribution < -0.4 is 5.32 Å². The van der Waals surface area contributed by atoms with Gasteiger partial charge in [-0.25, -0.2) is 14.5 Å². The fraction of sp³-hybridized carbons (Fsp3) is 0.0476.